The van der Waals surface area contributed by atoms with Crippen molar-refractivity contribution in [2.45, 2.75) is 13.8 Å². The maximum atomic E-state index is 4.46. The first-order chi connectivity index (χ1) is 9.26. The summed E-state index contributed by atoms with van der Waals surface area (Å²) in [6.07, 6.45) is 0. The fraction of sp³-hybridized carbons (Fsp3) is 0.417. The third kappa shape index (κ3) is 3.31. The molecule has 0 aromatic carbocycles. The van der Waals surface area contributed by atoms with Crippen LogP contribution in [-0.4, -0.2) is 35.1 Å². The molecule has 0 aliphatic rings. The lowest BCUT2D eigenvalue weighted by Crippen LogP contribution is -2.25. The van der Waals surface area contributed by atoms with Crippen LogP contribution in [0.15, 0.2) is 16.8 Å². The van der Waals surface area contributed by atoms with Crippen molar-refractivity contribution in [2.24, 2.45) is 0 Å². The SMILES string of the molecule is CCN(CC)c1nc(NC)nc(Nc2ccsc2)n1. The molecule has 7 heteroatoms. The minimum atomic E-state index is 0.555. The van der Waals surface area contributed by atoms with Gasteiger partial charge in [0.05, 0.1) is 5.69 Å². The van der Waals surface area contributed by atoms with Gasteiger partial charge in [-0.2, -0.15) is 26.3 Å². The van der Waals surface area contributed by atoms with Crippen LogP contribution >= 0.6 is 11.3 Å². The van der Waals surface area contributed by atoms with E-state index in [0.717, 1.165) is 18.8 Å². The third-order valence-corrected chi connectivity index (χ3v) is 3.35. The zero-order valence-corrected chi connectivity index (χ0v) is 12.2. The molecular weight excluding hydrogens is 260 g/mol. The van der Waals surface area contributed by atoms with Gasteiger partial charge in [-0.25, -0.2) is 0 Å². The minimum Gasteiger partial charge on any atom is -0.357 e. The fourth-order valence-electron chi connectivity index (χ4n) is 1.65. The molecule has 2 rings (SSSR count). The van der Waals surface area contributed by atoms with Crippen LogP contribution in [-0.2, 0) is 0 Å². The Bertz CT molecular complexity index is 509. The number of aromatic nitrogens is 3. The maximum Gasteiger partial charge on any atom is 0.233 e. The normalized spacial score (nSPS) is 10.3. The van der Waals surface area contributed by atoms with Crippen LogP contribution in [0.3, 0.4) is 0 Å². The van der Waals surface area contributed by atoms with E-state index in [9.17, 15) is 0 Å². The lowest BCUT2D eigenvalue weighted by molar-refractivity contribution is 0.815. The molecule has 0 saturated heterocycles. The van der Waals surface area contributed by atoms with Crippen LogP contribution in [0.4, 0.5) is 23.5 Å². The fourth-order valence-corrected chi connectivity index (χ4v) is 2.23. The molecule has 2 aromatic heterocycles. The smallest absolute Gasteiger partial charge is 0.233 e. The van der Waals surface area contributed by atoms with Gasteiger partial charge in [0.2, 0.25) is 17.8 Å². The largest absolute Gasteiger partial charge is 0.357 e. The van der Waals surface area contributed by atoms with E-state index in [0.29, 0.717) is 17.8 Å². The van der Waals surface area contributed by atoms with Crippen LogP contribution in [0, 0.1) is 0 Å². The topological polar surface area (TPSA) is 66.0 Å². The molecule has 2 heterocycles. The molecule has 0 saturated carbocycles. The molecular formula is C12H18N6S. The van der Waals surface area contributed by atoms with Gasteiger partial charge < -0.3 is 15.5 Å². The van der Waals surface area contributed by atoms with E-state index in [2.05, 4.69) is 44.3 Å². The molecule has 0 fully saturated rings. The second kappa shape index (κ2) is 6.33. The van der Waals surface area contributed by atoms with Crippen molar-refractivity contribution in [2.75, 3.05) is 35.7 Å². The van der Waals surface area contributed by atoms with Crippen molar-refractivity contribution < 1.29 is 0 Å². The molecule has 0 aliphatic carbocycles. The lowest BCUT2D eigenvalue weighted by atomic mass is 10.5. The standard InChI is InChI=1S/C12H18N6S/c1-4-18(5-2)12-16-10(13-3)15-11(17-12)14-9-6-7-19-8-9/h6-8H,4-5H2,1-3H3,(H2,13,14,15,16,17). The molecule has 0 radical (unpaired) electrons. The van der Waals surface area contributed by atoms with Crippen molar-refractivity contribution in [3.63, 3.8) is 0 Å². The van der Waals surface area contributed by atoms with Crippen LogP contribution in [0.1, 0.15) is 13.8 Å². The van der Waals surface area contributed by atoms with Gasteiger partial charge in [0, 0.05) is 25.5 Å². The predicted molar refractivity (Wildman–Crippen MR) is 80.5 cm³/mol. The number of hydrogen-bond donors (Lipinski definition) is 2. The van der Waals surface area contributed by atoms with E-state index < -0.39 is 0 Å². The summed E-state index contributed by atoms with van der Waals surface area (Å²) in [5.41, 5.74) is 0.990. The molecule has 2 N–H and O–H groups in total. The second-order valence-electron chi connectivity index (χ2n) is 3.84. The quantitative estimate of drug-likeness (QED) is 0.846. The first-order valence-electron chi connectivity index (χ1n) is 6.24. The van der Waals surface area contributed by atoms with Crippen LogP contribution in [0.2, 0.25) is 0 Å². The average molecular weight is 278 g/mol. The molecule has 0 amide bonds. The third-order valence-electron chi connectivity index (χ3n) is 2.67. The van der Waals surface area contributed by atoms with Gasteiger partial charge in [0.15, 0.2) is 0 Å². The average Bonchev–Trinajstić information content (AvgIpc) is 2.93. The van der Waals surface area contributed by atoms with Crippen LogP contribution in [0.25, 0.3) is 0 Å². The van der Waals surface area contributed by atoms with Gasteiger partial charge in [-0.05, 0) is 25.3 Å². The molecule has 0 bridgehead atoms. The number of thiophene rings is 1. The first-order valence-corrected chi connectivity index (χ1v) is 7.19. The van der Waals surface area contributed by atoms with E-state index in [1.807, 2.05) is 16.8 Å². The lowest BCUT2D eigenvalue weighted by Gasteiger charge is -2.19. The summed E-state index contributed by atoms with van der Waals surface area (Å²) in [6, 6.07) is 1.99. The summed E-state index contributed by atoms with van der Waals surface area (Å²) < 4.78 is 0. The Balaban J connectivity index is 2.30. The van der Waals surface area contributed by atoms with Crippen molar-refractivity contribution in [1.82, 2.24) is 15.0 Å². The summed E-state index contributed by atoms with van der Waals surface area (Å²) in [4.78, 5) is 15.2. The summed E-state index contributed by atoms with van der Waals surface area (Å²) in [7, 11) is 1.80. The molecule has 6 nitrogen and oxygen atoms in total. The Morgan fingerprint density at radius 2 is 1.89 bits per heavy atom. The zero-order valence-electron chi connectivity index (χ0n) is 11.3. The number of hydrogen-bond acceptors (Lipinski definition) is 7. The molecule has 102 valence electrons. The highest BCUT2D eigenvalue weighted by molar-refractivity contribution is 7.08. The van der Waals surface area contributed by atoms with Crippen LogP contribution < -0.4 is 15.5 Å². The highest BCUT2D eigenvalue weighted by atomic mass is 32.1. The highest BCUT2D eigenvalue weighted by Gasteiger charge is 2.10. The Morgan fingerprint density at radius 1 is 1.16 bits per heavy atom. The number of nitrogens with one attached hydrogen (secondary N) is 2. The summed E-state index contributed by atoms with van der Waals surface area (Å²) in [5, 5.41) is 10.2. The molecule has 0 spiro atoms. The van der Waals surface area contributed by atoms with E-state index in [-0.39, 0.29) is 0 Å². The summed E-state index contributed by atoms with van der Waals surface area (Å²) >= 11 is 1.63. The van der Waals surface area contributed by atoms with E-state index in [4.69, 9.17) is 0 Å². The Kier molecular flexibility index (Phi) is 4.51. The van der Waals surface area contributed by atoms with E-state index in [1.165, 1.54) is 0 Å². The predicted octanol–water partition coefficient (Wildman–Crippen LogP) is 2.56. The van der Waals surface area contributed by atoms with Gasteiger partial charge in [0.25, 0.3) is 0 Å². The molecule has 2 aromatic rings. The Labute approximate surface area is 116 Å². The molecule has 19 heavy (non-hydrogen) atoms. The van der Waals surface area contributed by atoms with Gasteiger partial charge >= 0.3 is 0 Å². The Morgan fingerprint density at radius 3 is 2.47 bits per heavy atom. The minimum absolute atomic E-state index is 0.555. The first kappa shape index (κ1) is 13.5. The zero-order chi connectivity index (χ0) is 13.7. The van der Waals surface area contributed by atoms with Gasteiger partial charge in [-0.15, -0.1) is 0 Å². The van der Waals surface area contributed by atoms with E-state index in [1.54, 1.807) is 18.4 Å². The van der Waals surface area contributed by atoms with Gasteiger partial charge in [0.1, 0.15) is 0 Å². The van der Waals surface area contributed by atoms with Gasteiger partial charge in [-0.1, -0.05) is 0 Å². The summed E-state index contributed by atoms with van der Waals surface area (Å²) in [6.45, 7) is 5.89. The maximum absolute atomic E-state index is 4.46. The highest BCUT2D eigenvalue weighted by Crippen LogP contribution is 2.19. The molecule has 0 unspecified atom stereocenters. The van der Waals surface area contributed by atoms with Crippen molar-refractivity contribution >= 4 is 34.9 Å². The number of anilines is 4. The number of nitrogens with zero attached hydrogens (tertiary/aromatic N) is 4. The molecule has 0 aliphatic heterocycles. The number of rotatable bonds is 6. The van der Waals surface area contributed by atoms with Gasteiger partial charge in [-0.3, -0.25) is 0 Å². The van der Waals surface area contributed by atoms with Crippen LogP contribution in [0.5, 0.6) is 0 Å². The van der Waals surface area contributed by atoms with Crippen molar-refractivity contribution in [3.8, 4) is 0 Å². The molecule has 0 atom stereocenters. The van der Waals surface area contributed by atoms with Crippen molar-refractivity contribution in [1.29, 1.82) is 0 Å². The van der Waals surface area contributed by atoms with Crippen molar-refractivity contribution in [3.05, 3.63) is 16.8 Å². The monoisotopic (exact) mass is 278 g/mol. The van der Waals surface area contributed by atoms with E-state index >= 15 is 0 Å². The Hall–Kier alpha value is -1.89. The summed E-state index contributed by atoms with van der Waals surface area (Å²) in [5.74, 6) is 1.80. The second-order valence-corrected chi connectivity index (χ2v) is 4.62.